The largest absolute Gasteiger partial charge is 0.342 e. The van der Waals surface area contributed by atoms with Gasteiger partial charge in [-0.2, -0.15) is 0 Å². The summed E-state index contributed by atoms with van der Waals surface area (Å²) in [5.74, 6) is 0.830. The van der Waals surface area contributed by atoms with Crippen molar-refractivity contribution in [2.75, 3.05) is 13.1 Å². The maximum absolute atomic E-state index is 11.7. The Balaban J connectivity index is 1.93. The van der Waals surface area contributed by atoms with Crippen LogP contribution in [-0.2, 0) is 4.79 Å². The fourth-order valence-corrected chi connectivity index (χ4v) is 2.09. The average Bonchev–Trinajstić information content (AvgIpc) is 2.89. The number of nitrogens with zero attached hydrogens (tertiary/aromatic N) is 1. The topological polar surface area (TPSA) is 20.3 Å². The van der Waals surface area contributed by atoms with Crippen LogP contribution in [0.5, 0.6) is 0 Å². The quantitative estimate of drug-likeness (QED) is 0.638. The molecule has 0 N–H and O–H groups in total. The third-order valence-electron chi connectivity index (χ3n) is 3.65. The molecule has 1 unspecified atom stereocenters. The van der Waals surface area contributed by atoms with Gasteiger partial charge in [-0.25, -0.2) is 0 Å². The summed E-state index contributed by atoms with van der Waals surface area (Å²) in [4.78, 5) is 13.8. The molecular formula is C11H19NO. The van der Waals surface area contributed by atoms with Gasteiger partial charge in [0.1, 0.15) is 0 Å². The zero-order valence-corrected chi connectivity index (χ0v) is 8.68. The van der Waals surface area contributed by atoms with Gasteiger partial charge in [0.15, 0.2) is 0 Å². The molecule has 2 nitrogen and oxygen atoms in total. The molecule has 13 heavy (non-hydrogen) atoms. The number of hydrogen-bond donors (Lipinski definition) is 0. The number of likely N-dealkylation sites (tertiary alicyclic amines) is 1. The van der Waals surface area contributed by atoms with Crippen LogP contribution >= 0.6 is 0 Å². The van der Waals surface area contributed by atoms with Crippen LogP contribution in [0.15, 0.2) is 0 Å². The molecule has 1 heterocycles. The van der Waals surface area contributed by atoms with Crippen molar-refractivity contribution in [1.82, 2.24) is 4.90 Å². The predicted octanol–water partition coefficient (Wildman–Crippen LogP) is 2.04. The maximum Gasteiger partial charge on any atom is 0.225 e. The Morgan fingerprint density at radius 1 is 1.54 bits per heavy atom. The van der Waals surface area contributed by atoms with Crippen LogP contribution in [0.2, 0.25) is 0 Å². The standard InChI is InChI=1S/C11H19NO/c1-3-11(2)6-7-12(8-11)10(13)9-4-5-9/h9H,3-8H2,1-2H3. The SMILES string of the molecule is CCC1(C)CCN(C(=O)C2CC2)C1. The lowest BCUT2D eigenvalue weighted by atomic mass is 9.87. The minimum atomic E-state index is 0.402. The van der Waals surface area contributed by atoms with Gasteiger partial charge in [0.2, 0.25) is 5.91 Å². The monoisotopic (exact) mass is 181 g/mol. The van der Waals surface area contributed by atoms with Gasteiger partial charge in [0.05, 0.1) is 0 Å². The number of amides is 1. The van der Waals surface area contributed by atoms with Crippen LogP contribution in [0.3, 0.4) is 0 Å². The van der Waals surface area contributed by atoms with E-state index in [0.29, 0.717) is 17.2 Å². The average molecular weight is 181 g/mol. The Bertz CT molecular complexity index is 222. The van der Waals surface area contributed by atoms with E-state index in [1.54, 1.807) is 0 Å². The lowest BCUT2D eigenvalue weighted by molar-refractivity contribution is -0.131. The Morgan fingerprint density at radius 2 is 2.23 bits per heavy atom. The van der Waals surface area contributed by atoms with E-state index in [0.717, 1.165) is 25.9 Å². The summed E-state index contributed by atoms with van der Waals surface area (Å²) in [6, 6.07) is 0. The highest BCUT2D eigenvalue weighted by molar-refractivity contribution is 5.81. The lowest BCUT2D eigenvalue weighted by Gasteiger charge is -2.22. The molecule has 2 rings (SSSR count). The van der Waals surface area contributed by atoms with Crippen molar-refractivity contribution in [1.29, 1.82) is 0 Å². The second-order valence-corrected chi connectivity index (χ2v) is 4.95. The van der Waals surface area contributed by atoms with Crippen molar-refractivity contribution < 1.29 is 4.79 Å². The first kappa shape index (κ1) is 9.04. The van der Waals surface area contributed by atoms with Crippen molar-refractivity contribution in [3.63, 3.8) is 0 Å². The lowest BCUT2D eigenvalue weighted by Crippen LogP contribution is -2.31. The summed E-state index contributed by atoms with van der Waals surface area (Å²) in [5, 5.41) is 0. The van der Waals surface area contributed by atoms with Crippen LogP contribution in [0, 0.1) is 11.3 Å². The fraction of sp³-hybridized carbons (Fsp3) is 0.909. The molecule has 0 aromatic heterocycles. The van der Waals surface area contributed by atoms with E-state index in [1.165, 1.54) is 12.8 Å². The van der Waals surface area contributed by atoms with E-state index >= 15 is 0 Å². The number of hydrogen-bond acceptors (Lipinski definition) is 1. The van der Waals surface area contributed by atoms with Gasteiger partial charge in [0.25, 0.3) is 0 Å². The summed E-state index contributed by atoms with van der Waals surface area (Å²) in [6.45, 7) is 6.52. The van der Waals surface area contributed by atoms with E-state index in [9.17, 15) is 4.79 Å². The van der Waals surface area contributed by atoms with E-state index < -0.39 is 0 Å². The van der Waals surface area contributed by atoms with Gasteiger partial charge >= 0.3 is 0 Å². The van der Waals surface area contributed by atoms with Crippen molar-refractivity contribution in [2.45, 2.75) is 39.5 Å². The first-order chi connectivity index (χ1) is 6.14. The molecule has 2 fully saturated rings. The molecule has 1 saturated heterocycles. The normalized spacial score (nSPS) is 33.8. The molecule has 0 spiro atoms. The van der Waals surface area contributed by atoms with Crippen molar-refractivity contribution in [2.24, 2.45) is 11.3 Å². The number of carbonyl (C=O) groups is 1. The van der Waals surface area contributed by atoms with Crippen LogP contribution in [-0.4, -0.2) is 23.9 Å². The molecule has 1 atom stereocenters. The molecule has 0 aromatic carbocycles. The third kappa shape index (κ3) is 1.72. The minimum Gasteiger partial charge on any atom is -0.342 e. The van der Waals surface area contributed by atoms with Crippen molar-refractivity contribution >= 4 is 5.91 Å². The van der Waals surface area contributed by atoms with Gasteiger partial charge < -0.3 is 4.90 Å². The molecule has 74 valence electrons. The molecular weight excluding hydrogens is 162 g/mol. The summed E-state index contributed by atoms with van der Waals surface area (Å²) in [5.41, 5.74) is 0.407. The molecule has 0 bridgehead atoms. The molecule has 2 heteroatoms. The Hall–Kier alpha value is -0.530. The number of rotatable bonds is 2. The second-order valence-electron chi connectivity index (χ2n) is 4.95. The highest BCUT2D eigenvalue weighted by Gasteiger charge is 2.39. The molecule has 1 aliphatic heterocycles. The van der Waals surface area contributed by atoms with E-state index in [2.05, 4.69) is 18.7 Å². The highest BCUT2D eigenvalue weighted by atomic mass is 16.2. The molecule has 1 saturated carbocycles. The van der Waals surface area contributed by atoms with E-state index in [1.807, 2.05) is 0 Å². The molecule has 0 radical (unpaired) electrons. The van der Waals surface area contributed by atoms with Crippen LogP contribution in [0.4, 0.5) is 0 Å². The summed E-state index contributed by atoms with van der Waals surface area (Å²) in [6.07, 6.45) is 4.67. The molecule has 1 aliphatic carbocycles. The zero-order chi connectivity index (χ0) is 9.47. The van der Waals surface area contributed by atoms with E-state index in [-0.39, 0.29) is 0 Å². The van der Waals surface area contributed by atoms with Crippen LogP contribution in [0.1, 0.15) is 39.5 Å². The van der Waals surface area contributed by atoms with Gasteiger partial charge in [-0.05, 0) is 31.1 Å². The summed E-state index contributed by atoms with van der Waals surface area (Å²) in [7, 11) is 0. The van der Waals surface area contributed by atoms with E-state index in [4.69, 9.17) is 0 Å². The first-order valence-corrected chi connectivity index (χ1v) is 5.43. The van der Waals surface area contributed by atoms with Crippen LogP contribution in [0.25, 0.3) is 0 Å². The maximum atomic E-state index is 11.7. The van der Waals surface area contributed by atoms with Gasteiger partial charge in [-0.15, -0.1) is 0 Å². The molecule has 2 aliphatic rings. The fourth-order valence-electron chi connectivity index (χ4n) is 2.09. The Morgan fingerprint density at radius 3 is 2.69 bits per heavy atom. The molecule has 0 aromatic rings. The predicted molar refractivity (Wildman–Crippen MR) is 52.3 cm³/mol. The smallest absolute Gasteiger partial charge is 0.225 e. The van der Waals surface area contributed by atoms with Gasteiger partial charge in [0, 0.05) is 19.0 Å². The number of carbonyl (C=O) groups excluding carboxylic acids is 1. The van der Waals surface area contributed by atoms with Crippen molar-refractivity contribution in [3.05, 3.63) is 0 Å². The zero-order valence-electron chi connectivity index (χ0n) is 8.68. The summed E-state index contributed by atoms with van der Waals surface area (Å²) >= 11 is 0. The first-order valence-electron chi connectivity index (χ1n) is 5.43. The molecule has 1 amide bonds. The summed E-state index contributed by atoms with van der Waals surface area (Å²) < 4.78 is 0. The second kappa shape index (κ2) is 3.00. The Labute approximate surface area is 80.3 Å². The van der Waals surface area contributed by atoms with Gasteiger partial charge in [-0.1, -0.05) is 13.8 Å². The Kier molecular flexibility index (Phi) is 2.09. The van der Waals surface area contributed by atoms with Crippen molar-refractivity contribution in [3.8, 4) is 0 Å². The third-order valence-corrected chi connectivity index (χ3v) is 3.65. The van der Waals surface area contributed by atoms with Crippen LogP contribution < -0.4 is 0 Å². The van der Waals surface area contributed by atoms with Gasteiger partial charge in [-0.3, -0.25) is 4.79 Å². The minimum absolute atomic E-state index is 0.402. The highest BCUT2D eigenvalue weighted by Crippen LogP contribution is 2.37.